The Labute approximate surface area is 110 Å². The summed E-state index contributed by atoms with van der Waals surface area (Å²) in [6.45, 7) is 3.42. The van der Waals surface area contributed by atoms with Crippen LogP contribution in [0.4, 0.5) is 0 Å². The summed E-state index contributed by atoms with van der Waals surface area (Å²) in [4.78, 5) is 3.75. The van der Waals surface area contributed by atoms with Crippen LogP contribution in [0.2, 0.25) is 0 Å². The molecule has 0 aliphatic rings. The minimum atomic E-state index is 1.10. The molecule has 1 aromatic carbocycles. The van der Waals surface area contributed by atoms with Crippen LogP contribution in [0.15, 0.2) is 29.2 Å². The van der Waals surface area contributed by atoms with E-state index in [0.29, 0.717) is 0 Å². The molecular formula is C14H24N2S. The molecule has 0 bridgehead atoms. The van der Waals surface area contributed by atoms with Gasteiger partial charge in [0.15, 0.2) is 0 Å². The van der Waals surface area contributed by atoms with Crippen LogP contribution in [0.25, 0.3) is 0 Å². The average molecular weight is 252 g/mol. The number of benzene rings is 1. The van der Waals surface area contributed by atoms with Crippen LogP contribution >= 0.6 is 11.8 Å². The molecule has 0 aliphatic carbocycles. The lowest BCUT2D eigenvalue weighted by Gasteiger charge is -2.16. The van der Waals surface area contributed by atoms with Gasteiger partial charge in [0.1, 0.15) is 0 Å². The zero-order valence-corrected chi connectivity index (χ0v) is 12.0. The largest absolute Gasteiger partial charge is 0.320 e. The van der Waals surface area contributed by atoms with Crippen molar-refractivity contribution in [2.75, 3.05) is 40.0 Å². The molecule has 3 heteroatoms. The minimum Gasteiger partial charge on any atom is -0.320 e. The van der Waals surface area contributed by atoms with Crippen LogP contribution in [0.5, 0.6) is 0 Å². The molecule has 1 N–H and O–H groups in total. The molecule has 0 aliphatic heterocycles. The van der Waals surface area contributed by atoms with E-state index < -0.39 is 0 Å². The number of thioether (sulfide) groups is 1. The molecule has 0 aromatic heterocycles. The van der Waals surface area contributed by atoms with Gasteiger partial charge in [-0.2, -0.15) is 0 Å². The van der Waals surface area contributed by atoms with E-state index in [4.69, 9.17) is 0 Å². The number of nitrogens with one attached hydrogen (secondary N) is 1. The summed E-state index contributed by atoms with van der Waals surface area (Å²) in [6.07, 6.45) is 4.48. The Kier molecular flexibility index (Phi) is 7.33. The quantitative estimate of drug-likeness (QED) is 0.565. The Bertz CT molecular complexity index is 298. The number of nitrogens with zero attached hydrogens (tertiary/aromatic N) is 1. The summed E-state index contributed by atoms with van der Waals surface area (Å²) in [5.41, 5.74) is 1.43. The molecule has 17 heavy (non-hydrogen) atoms. The highest BCUT2D eigenvalue weighted by Gasteiger charge is 1.99. The summed E-state index contributed by atoms with van der Waals surface area (Å²) in [7, 11) is 4.21. The molecule has 0 saturated heterocycles. The number of likely N-dealkylation sites (N-methyl/N-ethyl adjacent to an activating group) is 1. The Balaban J connectivity index is 2.24. The Morgan fingerprint density at radius 2 is 1.88 bits per heavy atom. The van der Waals surface area contributed by atoms with E-state index in [9.17, 15) is 0 Å². The summed E-state index contributed by atoms with van der Waals surface area (Å²) < 4.78 is 0. The fourth-order valence-corrected chi connectivity index (χ4v) is 2.16. The summed E-state index contributed by atoms with van der Waals surface area (Å²) >= 11 is 1.80. The molecule has 0 atom stereocenters. The van der Waals surface area contributed by atoms with Crippen LogP contribution in [-0.4, -0.2) is 44.9 Å². The van der Waals surface area contributed by atoms with E-state index in [0.717, 1.165) is 19.5 Å². The van der Waals surface area contributed by atoms with Gasteiger partial charge in [0.25, 0.3) is 0 Å². The molecule has 2 nitrogen and oxygen atoms in total. The van der Waals surface area contributed by atoms with Crippen molar-refractivity contribution >= 4 is 11.8 Å². The minimum absolute atomic E-state index is 1.10. The third-order valence-corrected chi connectivity index (χ3v) is 3.65. The Morgan fingerprint density at radius 1 is 1.18 bits per heavy atom. The number of hydrogen-bond acceptors (Lipinski definition) is 3. The fourth-order valence-electron chi connectivity index (χ4n) is 1.75. The maximum atomic E-state index is 3.18. The van der Waals surface area contributed by atoms with Crippen molar-refractivity contribution in [1.82, 2.24) is 10.2 Å². The Morgan fingerprint density at radius 3 is 2.47 bits per heavy atom. The van der Waals surface area contributed by atoms with Gasteiger partial charge in [0.05, 0.1) is 0 Å². The second-order valence-electron chi connectivity index (χ2n) is 4.36. The van der Waals surface area contributed by atoms with Gasteiger partial charge in [-0.25, -0.2) is 0 Å². The summed E-state index contributed by atoms with van der Waals surface area (Å²) in [5, 5.41) is 3.18. The van der Waals surface area contributed by atoms with Gasteiger partial charge >= 0.3 is 0 Å². The van der Waals surface area contributed by atoms with Crippen LogP contribution in [0.3, 0.4) is 0 Å². The zero-order valence-electron chi connectivity index (χ0n) is 11.2. The SMILES string of the molecule is CNCCCN(C)CCc1ccc(SC)cc1. The van der Waals surface area contributed by atoms with E-state index in [2.05, 4.69) is 47.8 Å². The lowest BCUT2D eigenvalue weighted by molar-refractivity contribution is 0.332. The predicted octanol–water partition coefficient (Wildman–Crippen LogP) is 2.49. The lowest BCUT2D eigenvalue weighted by Crippen LogP contribution is -2.24. The van der Waals surface area contributed by atoms with Gasteiger partial charge in [-0.15, -0.1) is 11.8 Å². The summed E-state index contributed by atoms with van der Waals surface area (Å²) in [6, 6.07) is 8.91. The molecule has 1 aromatic rings. The Hall–Kier alpha value is -0.510. The van der Waals surface area contributed by atoms with Crippen LogP contribution in [-0.2, 0) is 6.42 Å². The molecule has 0 fully saturated rings. The smallest absolute Gasteiger partial charge is 0.00693 e. The van der Waals surface area contributed by atoms with Crippen molar-refractivity contribution < 1.29 is 0 Å². The third-order valence-electron chi connectivity index (χ3n) is 2.91. The first-order chi connectivity index (χ1) is 8.26. The van der Waals surface area contributed by atoms with Crippen LogP contribution in [0.1, 0.15) is 12.0 Å². The monoisotopic (exact) mass is 252 g/mol. The molecule has 0 heterocycles. The van der Waals surface area contributed by atoms with Gasteiger partial charge in [0.2, 0.25) is 0 Å². The molecular weight excluding hydrogens is 228 g/mol. The topological polar surface area (TPSA) is 15.3 Å². The van der Waals surface area contributed by atoms with Crippen molar-refractivity contribution in [3.05, 3.63) is 29.8 Å². The highest BCUT2D eigenvalue weighted by Crippen LogP contribution is 2.15. The van der Waals surface area contributed by atoms with Crippen molar-refractivity contribution in [2.45, 2.75) is 17.7 Å². The molecule has 0 radical (unpaired) electrons. The number of hydrogen-bond donors (Lipinski definition) is 1. The summed E-state index contributed by atoms with van der Waals surface area (Å²) in [5.74, 6) is 0. The van der Waals surface area contributed by atoms with Crippen molar-refractivity contribution in [2.24, 2.45) is 0 Å². The molecule has 96 valence electrons. The predicted molar refractivity (Wildman–Crippen MR) is 78.0 cm³/mol. The lowest BCUT2D eigenvalue weighted by atomic mass is 10.1. The van der Waals surface area contributed by atoms with E-state index in [1.165, 1.54) is 23.4 Å². The normalized spacial score (nSPS) is 11.1. The first-order valence-corrected chi connectivity index (χ1v) is 7.45. The first-order valence-electron chi connectivity index (χ1n) is 6.22. The van der Waals surface area contributed by atoms with Gasteiger partial charge in [-0.05, 0) is 64.0 Å². The van der Waals surface area contributed by atoms with Crippen molar-refractivity contribution in [1.29, 1.82) is 0 Å². The van der Waals surface area contributed by atoms with Crippen LogP contribution < -0.4 is 5.32 Å². The maximum absolute atomic E-state index is 3.18. The maximum Gasteiger partial charge on any atom is 0.00693 e. The molecule has 1 rings (SSSR count). The van der Waals surface area contributed by atoms with Crippen LogP contribution in [0, 0.1) is 0 Å². The van der Waals surface area contributed by atoms with E-state index in [1.54, 1.807) is 11.8 Å². The first kappa shape index (κ1) is 14.6. The highest BCUT2D eigenvalue weighted by molar-refractivity contribution is 7.98. The average Bonchev–Trinajstić information content (AvgIpc) is 2.37. The van der Waals surface area contributed by atoms with E-state index >= 15 is 0 Å². The van der Waals surface area contributed by atoms with E-state index in [-0.39, 0.29) is 0 Å². The second kappa shape index (κ2) is 8.56. The van der Waals surface area contributed by atoms with Crippen molar-refractivity contribution in [3.8, 4) is 0 Å². The standard InChI is InChI=1S/C14H24N2S/c1-15-10-4-11-16(2)12-9-13-5-7-14(17-3)8-6-13/h5-8,15H,4,9-12H2,1-3H3. The zero-order chi connectivity index (χ0) is 12.5. The number of rotatable bonds is 8. The van der Waals surface area contributed by atoms with Gasteiger partial charge in [-0.3, -0.25) is 0 Å². The van der Waals surface area contributed by atoms with Gasteiger partial charge in [0, 0.05) is 11.4 Å². The second-order valence-corrected chi connectivity index (χ2v) is 5.24. The van der Waals surface area contributed by atoms with Gasteiger partial charge in [-0.1, -0.05) is 12.1 Å². The van der Waals surface area contributed by atoms with E-state index in [1.807, 2.05) is 7.05 Å². The molecule has 0 saturated carbocycles. The molecule has 0 amide bonds. The molecule has 0 unspecified atom stereocenters. The fraction of sp³-hybridized carbons (Fsp3) is 0.571. The molecule has 0 spiro atoms. The third kappa shape index (κ3) is 6.10. The highest BCUT2D eigenvalue weighted by atomic mass is 32.2. The van der Waals surface area contributed by atoms with Crippen molar-refractivity contribution in [3.63, 3.8) is 0 Å². The van der Waals surface area contributed by atoms with Gasteiger partial charge < -0.3 is 10.2 Å².